The lowest BCUT2D eigenvalue weighted by Crippen LogP contribution is -2.37. The van der Waals surface area contributed by atoms with Crippen LogP contribution >= 0.6 is 15.9 Å². The molecule has 7 nitrogen and oxygen atoms in total. The summed E-state index contributed by atoms with van der Waals surface area (Å²) in [4.78, 5) is 29.5. The van der Waals surface area contributed by atoms with Crippen LogP contribution in [0.3, 0.4) is 0 Å². The highest BCUT2D eigenvalue weighted by Gasteiger charge is 2.39. The number of pyridine rings is 1. The fourth-order valence-corrected chi connectivity index (χ4v) is 3.28. The Balaban J connectivity index is 1.80. The van der Waals surface area contributed by atoms with Gasteiger partial charge in [0.15, 0.2) is 0 Å². The smallest absolute Gasteiger partial charge is 0.471 e. The van der Waals surface area contributed by atoms with E-state index in [9.17, 15) is 33.0 Å². The maximum absolute atomic E-state index is 12.3. The number of hydrogen-bond donors (Lipinski definition) is 4. The van der Waals surface area contributed by atoms with E-state index in [1.54, 1.807) is 23.5 Å². The van der Waals surface area contributed by atoms with Crippen molar-refractivity contribution in [3.05, 3.63) is 61.7 Å². The lowest BCUT2D eigenvalue weighted by atomic mass is 10.0. The number of aromatic hydroxyl groups is 1. The number of halogens is 4. The van der Waals surface area contributed by atoms with E-state index in [2.05, 4.69) is 25.9 Å². The first-order chi connectivity index (χ1) is 14.1. The Morgan fingerprint density at radius 3 is 2.67 bits per heavy atom. The summed E-state index contributed by atoms with van der Waals surface area (Å²) < 4.78 is 37.7. The third kappa shape index (κ3) is 4.73. The highest BCUT2D eigenvalue weighted by molar-refractivity contribution is 9.10. The van der Waals surface area contributed by atoms with E-state index in [0.29, 0.717) is 26.4 Å². The Morgan fingerprint density at radius 2 is 2.00 bits per heavy atom. The monoisotopic (exact) mass is 485 g/mol. The molecule has 0 saturated carbocycles. The van der Waals surface area contributed by atoms with E-state index < -0.39 is 23.4 Å². The van der Waals surface area contributed by atoms with Crippen molar-refractivity contribution in [2.45, 2.75) is 19.0 Å². The van der Waals surface area contributed by atoms with Crippen LogP contribution in [-0.4, -0.2) is 40.0 Å². The first-order valence-electron chi connectivity index (χ1n) is 8.60. The van der Waals surface area contributed by atoms with Crippen LogP contribution in [0, 0.1) is 0 Å². The Kier molecular flexibility index (Phi) is 6.01. The van der Waals surface area contributed by atoms with Crippen molar-refractivity contribution in [1.29, 1.82) is 0 Å². The summed E-state index contributed by atoms with van der Waals surface area (Å²) in [5, 5.41) is 22.5. The van der Waals surface area contributed by atoms with E-state index in [-0.39, 0.29) is 31.0 Å². The molecule has 0 unspecified atom stereocenters. The highest BCUT2D eigenvalue weighted by atomic mass is 79.9. The molecule has 4 N–H and O–H groups in total. The topological polar surface area (TPSA) is 115 Å². The van der Waals surface area contributed by atoms with Crippen LogP contribution in [0.15, 0.2) is 55.6 Å². The number of aliphatic imine (C=N–C) groups is 1. The molecule has 0 spiro atoms. The standard InChI is InChI=1S/C19H15BrF3N3O4/c20-10-2-3-11-12(6-10)13(17(29)26-16(11)28)8-24-7-9-1-4-14(15(27)5-9)25-18(30)19(21,22)23/h2-3,5-6,8,27H,1,4,7H2,(H,25,30)(H2,26,28,29). The van der Waals surface area contributed by atoms with E-state index in [1.165, 1.54) is 12.3 Å². The molecule has 0 atom stereocenters. The number of benzene rings is 1. The molecule has 3 rings (SSSR count). The average molecular weight is 486 g/mol. The predicted octanol–water partition coefficient (Wildman–Crippen LogP) is 3.58. The molecule has 1 amide bonds. The molecule has 1 heterocycles. The number of aromatic nitrogens is 1. The SMILES string of the molecule is O=C(NC1=C(O)C=C(CN=Cc2c(O)[nH]c(=O)c3ccc(Br)cc23)CC1)C(F)(F)F. The third-order valence-electron chi connectivity index (χ3n) is 4.39. The number of nitrogens with zero attached hydrogens (tertiary/aromatic N) is 1. The van der Waals surface area contributed by atoms with Crippen LogP contribution < -0.4 is 10.9 Å². The van der Waals surface area contributed by atoms with Crippen LogP contribution in [0.2, 0.25) is 0 Å². The summed E-state index contributed by atoms with van der Waals surface area (Å²) in [5.41, 5.74) is 0.244. The van der Waals surface area contributed by atoms with Crippen LogP contribution in [0.5, 0.6) is 5.88 Å². The van der Waals surface area contributed by atoms with Crippen LogP contribution in [-0.2, 0) is 4.79 Å². The van der Waals surface area contributed by atoms with Crippen LogP contribution in [0.1, 0.15) is 18.4 Å². The summed E-state index contributed by atoms with van der Waals surface area (Å²) in [6.45, 7) is 0.0959. The van der Waals surface area contributed by atoms with Crippen molar-refractivity contribution < 1.29 is 28.2 Å². The summed E-state index contributed by atoms with van der Waals surface area (Å²) in [5.74, 6) is -2.97. The van der Waals surface area contributed by atoms with Gasteiger partial charge in [0.05, 0.1) is 17.8 Å². The molecule has 0 bridgehead atoms. The van der Waals surface area contributed by atoms with Crippen LogP contribution in [0.25, 0.3) is 10.8 Å². The number of aliphatic hydroxyl groups is 1. The number of nitrogens with one attached hydrogen (secondary N) is 2. The predicted molar refractivity (Wildman–Crippen MR) is 108 cm³/mol. The number of allylic oxidation sites excluding steroid dienone is 2. The second kappa shape index (κ2) is 8.34. The zero-order valence-corrected chi connectivity index (χ0v) is 16.8. The van der Waals surface area contributed by atoms with Gasteiger partial charge >= 0.3 is 12.1 Å². The van der Waals surface area contributed by atoms with Gasteiger partial charge < -0.3 is 15.5 Å². The van der Waals surface area contributed by atoms with E-state index in [0.717, 1.165) is 0 Å². The zero-order chi connectivity index (χ0) is 22.1. The summed E-state index contributed by atoms with van der Waals surface area (Å²) in [7, 11) is 0. The molecule has 0 aliphatic heterocycles. The summed E-state index contributed by atoms with van der Waals surface area (Å²) in [6, 6.07) is 4.95. The van der Waals surface area contributed by atoms with Crippen molar-refractivity contribution in [1.82, 2.24) is 10.3 Å². The van der Waals surface area contributed by atoms with Gasteiger partial charge in [0, 0.05) is 21.5 Å². The van der Waals surface area contributed by atoms with E-state index in [1.807, 2.05) is 0 Å². The first kappa shape index (κ1) is 21.6. The van der Waals surface area contributed by atoms with Gasteiger partial charge in [0.2, 0.25) is 5.88 Å². The molecule has 158 valence electrons. The lowest BCUT2D eigenvalue weighted by Gasteiger charge is -2.17. The molecule has 1 aromatic heterocycles. The number of hydrogen-bond acceptors (Lipinski definition) is 5. The molecular formula is C19H15BrF3N3O4. The Labute approximate surface area is 175 Å². The first-order valence-corrected chi connectivity index (χ1v) is 9.39. The number of amides is 1. The number of fused-ring (bicyclic) bond motifs is 1. The maximum atomic E-state index is 12.3. The quantitative estimate of drug-likeness (QED) is 0.495. The fourth-order valence-electron chi connectivity index (χ4n) is 2.92. The third-order valence-corrected chi connectivity index (χ3v) is 4.88. The van der Waals surface area contributed by atoms with Crippen LogP contribution in [0.4, 0.5) is 13.2 Å². The Bertz CT molecular complexity index is 1170. The summed E-state index contributed by atoms with van der Waals surface area (Å²) in [6.07, 6.45) is -2.15. The van der Waals surface area contributed by atoms with Gasteiger partial charge in [-0.3, -0.25) is 19.6 Å². The molecule has 2 aromatic rings. The van der Waals surface area contributed by atoms with Crippen molar-refractivity contribution in [3.8, 4) is 5.88 Å². The van der Waals surface area contributed by atoms with E-state index in [4.69, 9.17) is 0 Å². The van der Waals surface area contributed by atoms with Gasteiger partial charge in [0.1, 0.15) is 5.76 Å². The number of carbonyl (C=O) groups excluding carboxylic acids is 1. The molecule has 0 radical (unpaired) electrons. The second-order valence-electron chi connectivity index (χ2n) is 6.49. The van der Waals surface area contributed by atoms with Gasteiger partial charge in [0.25, 0.3) is 5.56 Å². The molecule has 1 aromatic carbocycles. The van der Waals surface area contributed by atoms with Gasteiger partial charge in [-0.1, -0.05) is 15.9 Å². The molecule has 0 saturated heterocycles. The highest BCUT2D eigenvalue weighted by Crippen LogP contribution is 2.25. The van der Waals surface area contributed by atoms with Crippen molar-refractivity contribution >= 4 is 38.8 Å². The maximum Gasteiger partial charge on any atom is 0.471 e. The number of rotatable bonds is 4. The largest absolute Gasteiger partial charge is 0.506 e. The second-order valence-corrected chi connectivity index (χ2v) is 7.41. The zero-order valence-electron chi connectivity index (χ0n) is 15.2. The Hall–Kier alpha value is -3.08. The number of alkyl halides is 3. The number of aliphatic hydroxyl groups excluding tert-OH is 1. The molecule has 0 fully saturated rings. The van der Waals surface area contributed by atoms with Crippen molar-refractivity contribution in [3.63, 3.8) is 0 Å². The van der Waals surface area contributed by atoms with Gasteiger partial charge in [-0.2, -0.15) is 13.2 Å². The minimum absolute atomic E-state index is 0.00872. The molecule has 11 heteroatoms. The lowest BCUT2D eigenvalue weighted by molar-refractivity contribution is -0.172. The van der Waals surface area contributed by atoms with Gasteiger partial charge in [-0.25, -0.2) is 0 Å². The number of carbonyl (C=O) groups is 1. The van der Waals surface area contributed by atoms with Gasteiger partial charge in [-0.05, 0) is 42.7 Å². The Morgan fingerprint density at radius 1 is 1.27 bits per heavy atom. The molecule has 30 heavy (non-hydrogen) atoms. The minimum atomic E-state index is -5.04. The normalized spacial score (nSPS) is 15.0. The molecule has 1 aliphatic carbocycles. The summed E-state index contributed by atoms with van der Waals surface area (Å²) >= 11 is 3.31. The number of H-pyrrole nitrogens is 1. The van der Waals surface area contributed by atoms with E-state index >= 15 is 0 Å². The van der Waals surface area contributed by atoms with Crippen molar-refractivity contribution in [2.24, 2.45) is 4.99 Å². The molecular weight excluding hydrogens is 471 g/mol. The van der Waals surface area contributed by atoms with Crippen molar-refractivity contribution in [2.75, 3.05) is 6.54 Å². The molecule has 1 aliphatic rings. The average Bonchev–Trinajstić information content (AvgIpc) is 2.65. The van der Waals surface area contributed by atoms with Gasteiger partial charge in [-0.15, -0.1) is 0 Å². The minimum Gasteiger partial charge on any atom is -0.506 e. The fraction of sp³-hybridized carbons (Fsp3) is 0.211. The number of aromatic amines is 1.